The summed E-state index contributed by atoms with van der Waals surface area (Å²) < 4.78 is 30.6. The fourth-order valence-corrected chi connectivity index (χ4v) is 10.0. The van der Waals surface area contributed by atoms with Crippen LogP contribution in [0.1, 0.15) is 93.9 Å². The zero-order valence-corrected chi connectivity index (χ0v) is 37.0. The van der Waals surface area contributed by atoms with E-state index in [0.717, 1.165) is 81.6 Å². The monoisotopic (exact) mass is 862 g/mol. The van der Waals surface area contributed by atoms with Gasteiger partial charge in [-0.15, -0.1) is 0 Å². The Balaban J connectivity index is 0.939. The molecule has 5 aromatic carbocycles. The molecule has 4 atom stereocenters. The number of hydrogen-bond donors (Lipinski definition) is 2. The van der Waals surface area contributed by atoms with Crippen LogP contribution in [0.2, 0.25) is 0 Å². The SMILES string of the molecule is CCN(CC)[C@@H](C(=O)N1CCC[C@H]1c1ncc(-c2ccc(-c3ccc4c(ccc5[nH]c([C@@H]6CC(F)(F)CN6C(=O)[C@@H](c6ccccc6)N(CC)CC)nc54)c3)cc2)[nH]1)c1ccccc1. The van der Waals surface area contributed by atoms with Gasteiger partial charge in [0.1, 0.15) is 23.7 Å². The summed E-state index contributed by atoms with van der Waals surface area (Å²) in [6.45, 7) is 11.0. The van der Waals surface area contributed by atoms with E-state index in [-0.39, 0.29) is 23.9 Å². The van der Waals surface area contributed by atoms with Crippen molar-refractivity contribution >= 4 is 33.6 Å². The molecule has 2 aliphatic rings. The Bertz CT molecular complexity index is 2730. The van der Waals surface area contributed by atoms with Crippen LogP contribution in [0.15, 0.2) is 121 Å². The highest BCUT2D eigenvalue weighted by atomic mass is 19.3. The van der Waals surface area contributed by atoms with Gasteiger partial charge in [-0.05, 0) is 84.4 Å². The quantitative estimate of drug-likeness (QED) is 0.113. The molecule has 0 radical (unpaired) electrons. The molecule has 2 amide bonds. The Morgan fingerprint density at radius 3 is 1.92 bits per heavy atom. The number of imidazole rings is 2. The molecular weight excluding hydrogens is 807 g/mol. The minimum atomic E-state index is -3.05. The average Bonchev–Trinajstić information content (AvgIpc) is 4.16. The van der Waals surface area contributed by atoms with Gasteiger partial charge in [0.2, 0.25) is 11.8 Å². The number of fused-ring (bicyclic) bond motifs is 3. The highest BCUT2D eigenvalue weighted by Gasteiger charge is 2.50. The lowest BCUT2D eigenvalue weighted by molar-refractivity contribution is -0.140. The lowest BCUT2D eigenvalue weighted by atomic mass is 9.99. The van der Waals surface area contributed by atoms with E-state index in [2.05, 4.69) is 65.1 Å². The predicted octanol–water partition coefficient (Wildman–Crippen LogP) is 10.5. The van der Waals surface area contributed by atoms with E-state index >= 15 is 8.78 Å². The zero-order chi connectivity index (χ0) is 44.5. The van der Waals surface area contributed by atoms with Crippen molar-refractivity contribution in [3.8, 4) is 22.4 Å². The third-order valence-electron chi connectivity index (χ3n) is 13.4. The summed E-state index contributed by atoms with van der Waals surface area (Å²) in [6, 6.07) is 35.9. The standard InChI is InChI=1S/C52H56F2N8O2/c1-5-59(6-2)46(36-16-11-9-12-17-36)50(63)61-29-15-20-43(61)48-55-32-42(57-48)35-23-21-34(22-24-35)38-25-27-40-39(30-38)26-28-41-45(40)58-49(56-41)44-31-52(53,54)33-62(44)51(64)47(60(7-3)8-4)37-18-13-10-14-19-37/h9-14,16-19,21-28,30,32,43-44,46-47H,5-8,15,20,29,31,33H2,1-4H3,(H,55,57)(H,56,58)/t43-,44-,46+,47+/m0/s1. The minimum Gasteiger partial charge on any atom is -0.340 e. The van der Waals surface area contributed by atoms with Crippen LogP contribution in [-0.2, 0) is 9.59 Å². The van der Waals surface area contributed by atoms with Crippen molar-refractivity contribution in [3.05, 3.63) is 144 Å². The molecule has 9 rings (SSSR count). The highest BCUT2D eigenvalue weighted by molar-refractivity contribution is 6.05. The number of halogens is 2. The molecule has 12 heteroatoms. The summed E-state index contributed by atoms with van der Waals surface area (Å²) in [5, 5.41) is 1.86. The van der Waals surface area contributed by atoms with Crippen molar-refractivity contribution in [2.75, 3.05) is 39.3 Å². The molecule has 2 N–H and O–H groups in total. The van der Waals surface area contributed by atoms with Crippen molar-refractivity contribution in [1.29, 1.82) is 0 Å². The lowest BCUT2D eigenvalue weighted by Crippen LogP contribution is -2.43. The van der Waals surface area contributed by atoms with Crippen LogP contribution in [0, 0.1) is 0 Å². The van der Waals surface area contributed by atoms with Gasteiger partial charge in [-0.2, -0.15) is 0 Å². The molecule has 330 valence electrons. The summed E-state index contributed by atoms with van der Waals surface area (Å²) in [5.74, 6) is -2.11. The molecule has 0 aliphatic carbocycles. The predicted molar refractivity (Wildman–Crippen MR) is 249 cm³/mol. The smallest absolute Gasteiger partial charge is 0.267 e. The first-order valence-electron chi connectivity index (χ1n) is 22.8. The number of aromatic nitrogens is 4. The van der Waals surface area contributed by atoms with Crippen LogP contribution in [0.3, 0.4) is 0 Å². The lowest BCUT2D eigenvalue weighted by Gasteiger charge is -2.34. The first kappa shape index (κ1) is 43.0. The van der Waals surface area contributed by atoms with Crippen molar-refractivity contribution in [2.24, 2.45) is 0 Å². The molecule has 0 unspecified atom stereocenters. The number of nitrogens with one attached hydrogen (secondary N) is 2. The van der Waals surface area contributed by atoms with Gasteiger partial charge in [0.15, 0.2) is 0 Å². The van der Waals surface area contributed by atoms with Gasteiger partial charge >= 0.3 is 0 Å². The zero-order valence-electron chi connectivity index (χ0n) is 37.0. The highest BCUT2D eigenvalue weighted by Crippen LogP contribution is 2.43. The number of alkyl halides is 2. The molecule has 10 nitrogen and oxygen atoms in total. The van der Waals surface area contributed by atoms with Gasteiger partial charge in [-0.25, -0.2) is 18.7 Å². The summed E-state index contributed by atoms with van der Waals surface area (Å²) in [5.41, 5.74) is 7.15. The molecule has 2 aromatic heterocycles. The van der Waals surface area contributed by atoms with Crippen LogP contribution < -0.4 is 0 Å². The van der Waals surface area contributed by atoms with Crippen molar-refractivity contribution in [3.63, 3.8) is 0 Å². The molecule has 2 saturated heterocycles. The second-order valence-electron chi connectivity index (χ2n) is 17.1. The third-order valence-corrected chi connectivity index (χ3v) is 13.4. The fourth-order valence-electron chi connectivity index (χ4n) is 10.0. The normalized spacial score (nSPS) is 18.4. The van der Waals surface area contributed by atoms with Gasteiger partial charge in [0, 0.05) is 18.4 Å². The number of H-pyrrole nitrogens is 2. The number of carbonyl (C=O) groups excluding carboxylic acids is 2. The number of aromatic amines is 2. The van der Waals surface area contributed by atoms with Gasteiger partial charge in [0.25, 0.3) is 5.92 Å². The number of carbonyl (C=O) groups is 2. The number of hydrogen-bond acceptors (Lipinski definition) is 6. The van der Waals surface area contributed by atoms with E-state index < -0.39 is 31.0 Å². The van der Waals surface area contributed by atoms with E-state index in [1.54, 1.807) is 0 Å². The van der Waals surface area contributed by atoms with Crippen LogP contribution in [0.4, 0.5) is 8.78 Å². The molecule has 4 heterocycles. The number of amides is 2. The maximum Gasteiger partial charge on any atom is 0.267 e. The van der Waals surface area contributed by atoms with Crippen LogP contribution in [-0.4, -0.2) is 96.5 Å². The molecular formula is C52H56F2N8O2. The van der Waals surface area contributed by atoms with E-state index in [0.29, 0.717) is 31.0 Å². The molecule has 0 bridgehead atoms. The van der Waals surface area contributed by atoms with Crippen molar-refractivity contribution in [1.82, 2.24) is 39.5 Å². The molecule has 7 aromatic rings. The number of rotatable bonds is 14. The maximum absolute atomic E-state index is 15.3. The number of likely N-dealkylation sites (N-methyl/N-ethyl adjacent to an activating group) is 2. The first-order valence-corrected chi connectivity index (χ1v) is 22.8. The second-order valence-corrected chi connectivity index (χ2v) is 17.1. The molecule has 2 aliphatic heterocycles. The Labute approximate surface area is 373 Å². The fraction of sp³-hybridized carbons (Fsp3) is 0.346. The molecule has 2 fully saturated rings. The van der Waals surface area contributed by atoms with Crippen molar-refractivity contribution < 1.29 is 18.4 Å². The van der Waals surface area contributed by atoms with E-state index in [1.807, 2.05) is 109 Å². The number of nitrogens with zero attached hydrogens (tertiary/aromatic N) is 6. The van der Waals surface area contributed by atoms with Gasteiger partial charge in [0.05, 0.1) is 41.6 Å². The molecule has 0 saturated carbocycles. The molecule has 64 heavy (non-hydrogen) atoms. The largest absolute Gasteiger partial charge is 0.340 e. The number of benzene rings is 5. The second kappa shape index (κ2) is 18.1. The van der Waals surface area contributed by atoms with Gasteiger partial charge in [-0.3, -0.25) is 19.4 Å². The topological polar surface area (TPSA) is 104 Å². The van der Waals surface area contributed by atoms with Gasteiger partial charge in [-0.1, -0.05) is 131 Å². The van der Waals surface area contributed by atoms with Crippen LogP contribution in [0.5, 0.6) is 0 Å². The first-order chi connectivity index (χ1) is 31.1. The Kier molecular flexibility index (Phi) is 12.2. The van der Waals surface area contributed by atoms with Gasteiger partial charge < -0.3 is 19.8 Å². The van der Waals surface area contributed by atoms with Crippen LogP contribution >= 0.6 is 0 Å². The third kappa shape index (κ3) is 8.20. The Morgan fingerprint density at radius 1 is 0.703 bits per heavy atom. The Hall–Kier alpha value is -6.24. The Morgan fingerprint density at radius 2 is 1.30 bits per heavy atom. The maximum atomic E-state index is 15.3. The summed E-state index contributed by atoms with van der Waals surface area (Å²) >= 11 is 0. The van der Waals surface area contributed by atoms with E-state index in [1.165, 1.54) is 4.90 Å². The van der Waals surface area contributed by atoms with Crippen molar-refractivity contribution in [2.45, 2.75) is 77.0 Å². The average molecular weight is 863 g/mol. The minimum absolute atomic E-state index is 0.115. The summed E-state index contributed by atoms with van der Waals surface area (Å²) in [7, 11) is 0. The summed E-state index contributed by atoms with van der Waals surface area (Å²) in [4.78, 5) is 52.9. The number of likely N-dealkylation sites (tertiary alicyclic amines) is 2. The van der Waals surface area contributed by atoms with E-state index in [4.69, 9.17) is 9.97 Å². The summed E-state index contributed by atoms with van der Waals surface area (Å²) in [6.07, 6.45) is 3.14. The van der Waals surface area contributed by atoms with Crippen LogP contribution in [0.25, 0.3) is 44.2 Å². The van der Waals surface area contributed by atoms with E-state index in [9.17, 15) is 9.59 Å². The molecule has 0 spiro atoms.